The third-order valence-electron chi connectivity index (χ3n) is 5.05. The molecule has 0 aliphatic carbocycles. The molecule has 16 heteroatoms. The lowest BCUT2D eigenvalue weighted by atomic mass is 10.0. The van der Waals surface area contributed by atoms with E-state index < -0.39 is 62.0 Å². The zero-order valence-corrected chi connectivity index (χ0v) is 18.9. The highest BCUT2D eigenvalue weighted by Gasteiger charge is 2.38. The highest BCUT2D eigenvalue weighted by Crippen LogP contribution is 2.33. The summed E-state index contributed by atoms with van der Waals surface area (Å²) in [6, 6.07) is 5.28. The summed E-state index contributed by atoms with van der Waals surface area (Å²) in [5.41, 5.74) is 0.717. The van der Waals surface area contributed by atoms with Gasteiger partial charge in [0.05, 0.1) is 11.7 Å². The number of carboxylic acids is 1. The van der Waals surface area contributed by atoms with Gasteiger partial charge >= 0.3 is 22.3 Å². The maximum Gasteiger partial charge on any atom is 0.490 e. The van der Waals surface area contributed by atoms with E-state index in [1.54, 1.807) is 0 Å². The summed E-state index contributed by atoms with van der Waals surface area (Å²) in [5.74, 6) is -16.4. The molecule has 200 valence electrons. The number of carbonyl (C=O) groups is 1. The molecule has 0 saturated carbocycles. The number of alkyl halides is 3. The van der Waals surface area contributed by atoms with E-state index in [4.69, 9.17) is 9.90 Å². The fraction of sp³-hybridized carbons (Fsp3) is 0.238. The number of carboxylic acid groups (broad SMARTS) is 1. The first-order chi connectivity index (χ1) is 17.1. The van der Waals surface area contributed by atoms with Gasteiger partial charge in [0.15, 0.2) is 0 Å². The van der Waals surface area contributed by atoms with E-state index in [2.05, 4.69) is 14.5 Å². The number of rotatable bonds is 4. The van der Waals surface area contributed by atoms with Crippen LogP contribution in [0.1, 0.15) is 24.6 Å². The third kappa shape index (κ3) is 5.90. The third-order valence-corrected chi connectivity index (χ3v) is 6.27. The number of nitrogens with zero attached hydrogens (tertiary/aromatic N) is 1. The van der Waals surface area contributed by atoms with Gasteiger partial charge in [0, 0.05) is 11.6 Å². The summed E-state index contributed by atoms with van der Waals surface area (Å²) in [4.78, 5) is 12.7. The van der Waals surface area contributed by atoms with Crippen molar-refractivity contribution in [2.45, 2.75) is 30.0 Å². The fourth-order valence-corrected chi connectivity index (χ4v) is 4.31. The predicted molar refractivity (Wildman–Crippen MR) is 109 cm³/mol. The average Bonchev–Trinajstić information content (AvgIpc) is 3.38. The van der Waals surface area contributed by atoms with Gasteiger partial charge in [-0.15, -0.1) is 0 Å². The van der Waals surface area contributed by atoms with Gasteiger partial charge in [-0.3, -0.25) is 4.98 Å². The number of halogens is 8. The molecule has 1 aromatic heterocycles. The van der Waals surface area contributed by atoms with Gasteiger partial charge in [0.1, 0.15) is 4.90 Å². The normalized spacial score (nSPS) is 15.8. The van der Waals surface area contributed by atoms with Gasteiger partial charge in [-0.2, -0.15) is 30.4 Å². The molecule has 2 heterocycles. The Labute approximate surface area is 202 Å². The van der Waals surface area contributed by atoms with E-state index in [1.807, 2.05) is 0 Å². The minimum Gasteiger partial charge on any atom is -0.475 e. The highest BCUT2D eigenvalue weighted by molar-refractivity contribution is 7.87. The molecule has 2 aromatic carbocycles. The second-order valence-corrected chi connectivity index (χ2v) is 9.01. The van der Waals surface area contributed by atoms with Crippen LogP contribution in [0.4, 0.5) is 35.1 Å². The zero-order chi connectivity index (χ0) is 27.7. The Kier molecular flexibility index (Phi) is 7.92. The Morgan fingerprint density at radius 2 is 1.57 bits per heavy atom. The van der Waals surface area contributed by atoms with Crippen molar-refractivity contribution < 1.29 is 57.6 Å². The van der Waals surface area contributed by atoms with Crippen LogP contribution in [0.5, 0.6) is 5.75 Å². The number of pyridine rings is 1. The molecular weight excluding hydrogens is 544 g/mol. The van der Waals surface area contributed by atoms with Crippen LogP contribution in [0, 0.1) is 29.1 Å². The van der Waals surface area contributed by atoms with E-state index in [-0.39, 0.29) is 6.04 Å². The number of nitrogens with one attached hydrogen (secondary N) is 1. The number of fused-ring (bicyclic) bond motifs is 1. The molecule has 1 saturated heterocycles. The SMILES string of the molecule is O=C(O)C(F)(F)F.O=S(=O)(Oc1c(F)c(F)c(F)c(F)c1F)c1ccc2c(C3CCCN3)nccc2c1. The maximum absolute atomic E-state index is 13.8. The molecule has 0 spiro atoms. The lowest BCUT2D eigenvalue weighted by molar-refractivity contribution is -0.192. The molecule has 0 amide bonds. The lowest BCUT2D eigenvalue weighted by Crippen LogP contribution is -2.21. The molecule has 3 aromatic rings. The summed E-state index contributed by atoms with van der Waals surface area (Å²) in [5, 5.41) is 11.5. The molecule has 37 heavy (non-hydrogen) atoms. The Balaban J connectivity index is 0.000000479. The summed E-state index contributed by atoms with van der Waals surface area (Å²) in [6.45, 7) is 0.824. The largest absolute Gasteiger partial charge is 0.490 e. The fourth-order valence-electron chi connectivity index (χ4n) is 3.35. The summed E-state index contributed by atoms with van der Waals surface area (Å²) in [7, 11) is -4.90. The van der Waals surface area contributed by atoms with E-state index in [9.17, 15) is 43.5 Å². The number of hydrogen-bond donors (Lipinski definition) is 2. The summed E-state index contributed by atoms with van der Waals surface area (Å²) < 4.78 is 128. The van der Waals surface area contributed by atoms with Gasteiger partial charge in [-0.05, 0) is 43.0 Å². The molecule has 4 rings (SSSR count). The van der Waals surface area contributed by atoms with Gasteiger partial charge in [0.2, 0.25) is 34.8 Å². The van der Waals surface area contributed by atoms with Crippen LogP contribution in [0.15, 0.2) is 35.4 Å². The molecule has 7 nitrogen and oxygen atoms in total. The summed E-state index contributed by atoms with van der Waals surface area (Å²) >= 11 is 0. The Hall–Kier alpha value is -3.53. The quantitative estimate of drug-likeness (QED) is 0.206. The van der Waals surface area contributed by atoms with E-state index in [0.717, 1.165) is 31.1 Å². The predicted octanol–water partition coefficient (Wildman–Crippen LogP) is 4.76. The van der Waals surface area contributed by atoms with Crippen LogP contribution in [-0.4, -0.2) is 37.2 Å². The molecular formula is C21H14F8N2O5S. The number of hydrogen-bond acceptors (Lipinski definition) is 6. The Morgan fingerprint density at radius 1 is 1.00 bits per heavy atom. The second-order valence-electron chi connectivity index (χ2n) is 7.47. The molecule has 0 bridgehead atoms. The number of benzene rings is 2. The Bertz CT molecular complexity index is 1430. The van der Waals surface area contributed by atoms with Crippen LogP contribution in [0.25, 0.3) is 10.8 Å². The molecule has 2 N–H and O–H groups in total. The van der Waals surface area contributed by atoms with Crippen molar-refractivity contribution in [2.24, 2.45) is 0 Å². The van der Waals surface area contributed by atoms with Crippen LogP contribution < -0.4 is 9.50 Å². The van der Waals surface area contributed by atoms with E-state index >= 15 is 0 Å². The molecule has 1 aliphatic heterocycles. The molecule has 1 fully saturated rings. The van der Waals surface area contributed by atoms with Crippen LogP contribution >= 0.6 is 0 Å². The zero-order valence-electron chi connectivity index (χ0n) is 18.0. The maximum atomic E-state index is 13.8. The topological polar surface area (TPSA) is 106 Å². The molecule has 0 radical (unpaired) electrons. The van der Waals surface area contributed by atoms with Crippen molar-refractivity contribution in [1.82, 2.24) is 10.3 Å². The second kappa shape index (κ2) is 10.5. The standard InChI is InChI=1S/C19H13F5N2O3S.C2HF3O2/c20-13-14(21)16(23)19(17(24)15(13)22)29-30(27,28)10-3-4-11-9(8-10)5-7-26-18(11)12-2-1-6-25-12;3-2(4,5)1(6)7/h3-5,7-8,12,25H,1-2,6H2;(H,6,7). The Morgan fingerprint density at radius 3 is 2.08 bits per heavy atom. The minimum absolute atomic E-state index is 0.000708. The monoisotopic (exact) mass is 558 g/mol. The summed E-state index contributed by atoms with van der Waals surface area (Å²) in [6.07, 6.45) is -1.78. The smallest absolute Gasteiger partial charge is 0.475 e. The first-order valence-electron chi connectivity index (χ1n) is 10.0. The van der Waals surface area contributed by atoms with Crippen molar-refractivity contribution in [3.05, 3.63) is 65.2 Å². The van der Waals surface area contributed by atoms with E-state index in [0.29, 0.717) is 10.8 Å². The van der Waals surface area contributed by atoms with Gasteiger partial charge in [-0.25, -0.2) is 18.0 Å². The van der Waals surface area contributed by atoms with Gasteiger partial charge in [-0.1, -0.05) is 6.07 Å². The minimum atomic E-state index is -5.08. The van der Waals surface area contributed by atoms with Crippen molar-refractivity contribution in [3.63, 3.8) is 0 Å². The number of aromatic nitrogens is 1. The van der Waals surface area contributed by atoms with Crippen LogP contribution in [0.3, 0.4) is 0 Å². The average molecular weight is 558 g/mol. The first kappa shape index (κ1) is 28.0. The molecule has 1 unspecified atom stereocenters. The van der Waals surface area contributed by atoms with Crippen molar-refractivity contribution in [3.8, 4) is 5.75 Å². The number of aliphatic carboxylic acids is 1. The van der Waals surface area contributed by atoms with Crippen molar-refractivity contribution in [2.75, 3.05) is 6.54 Å². The van der Waals surface area contributed by atoms with E-state index in [1.165, 1.54) is 24.4 Å². The first-order valence-corrected chi connectivity index (χ1v) is 11.4. The van der Waals surface area contributed by atoms with Crippen LogP contribution in [-0.2, 0) is 14.9 Å². The van der Waals surface area contributed by atoms with Crippen LogP contribution in [0.2, 0.25) is 0 Å². The van der Waals surface area contributed by atoms with Gasteiger partial charge < -0.3 is 14.6 Å². The highest BCUT2D eigenvalue weighted by atomic mass is 32.2. The lowest BCUT2D eigenvalue weighted by Gasteiger charge is -2.14. The van der Waals surface area contributed by atoms with Crippen molar-refractivity contribution >= 4 is 26.9 Å². The van der Waals surface area contributed by atoms with Gasteiger partial charge in [0.25, 0.3) is 0 Å². The molecule has 1 atom stereocenters. The van der Waals surface area contributed by atoms with Crippen molar-refractivity contribution in [1.29, 1.82) is 0 Å². The molecule has 1 aliphatic rings.